The van der Waals surface area contributed by atoms with E-state index in [4.69, 9.17) is 11.6 Å². The molecule has 24 heavy (non-hydrogen) atoms. The summed E-state index contributed by atoms with van der Waals surface area (Å²) in [6.07, 6.45) is 0.458. The number of carbonyl (C=O) groups excluding carboxylic acids is 1. The van der Waals surface area contributed by atoms with E-state index < -0.39 is 21.7 Å². The highest BCUT2D eigenvalue weighted by Crippen LogP contribution is 2.22. The molecule has 1 heterocycles. The van der Waals surface area contributed by atoms with Crippen LogP contribution in [0.1, 0.15) is 18.9 Å². The fourth-order valence-electron chi connectivity index (χ4n) is 2.81. The number of sulfone groups is 1. The highest BCUT2D eigenvalue weighted by atomic mass is 35.5. The molecule has 1 aliphatic heterocycles. The van der Waals surface area contributed by atoms with Crippen molar-refractivity contribution in [2.24, 2.45) is 0 Å². The molecule has 134 valence electrons. The summed E-state index contributed by atoms with van der Waals surface area (Å²) in [5, 5.41) is 0.316. The van der Waals surface area contributed by atoms with Gasteiger partial charge in [0.1, 0.15) is 5.82 Å². The van der Waals surface area contributed by atoms with E-state index in [1.54, 1.807) is 32.0 Å². The first-order valence-electron chi connectivity index (χ1n) is 7.72. The van der Waals surface area contributed by atoms with Gasteiger partial charge >= 0.3 is 0 Å². The Balaban J connectivity index is 2.04. The number of nitrogens with zero attached hydrogens (tertiary/aromatic N) is 2. The molecular formula is C16H22ClFN2O3S. The standard InChI is InChI=1S/C16H22ClFN2O3S/c1-11(16(21)20(3)12-7-8-24(22,23)10-12)19(2)9-13-14(17)5-4-6-15(13)18/h4-6,11-12H,7-10H2,1-3H3/t11-,12+/m0/s1. The number of hydrogen-bond acceptors (Lipinski definition) is 4. The summed E-state index contributed by atoms with van der Waals surface area (Å²) >= 11 is 6.03. The lowest BCUT2D eigenvalue weighted by Crippen LogP contribution is -2.48. The van der Waals surface area contributed by atoms with Crippen LogP contribution in [0.5, 0.6) is 0 Å². The number of likely N-dealkylation sites (N-methyl/N-ethyl adjacent to an activating group) is 2. The van der Waals surface area contributed by atoms with E-state index >= 15 is 0 Å². The summed E-state index contributed by atoms with van der Waals surface area (Å²) in [6.45, 7) is 1.91. The molecule has 1 aliphatic rings. The lowest BCUT2D eigenvalue weighted by atomic mass is 10.1. The van der Waals surface area contributed by atoms with Crippen LogP contribution in [0.15, 0.2) is 18.2 Å². The summed E-state index contributed by atoms with van der Waals surface area (Å²) in [5.41, 5.74) is 0.340. The van der Waals surface area contributed by atoms with Crippen molar-refractivity contribution in [2.75, 3.05) is 25.6 Å². The number of hydrogen-bond donors (Lipinski definition) is 0. The van der Waals surface area contributed by atoms with Crippen molar-refractivity contribution < 1.29 is 17.6 Å². The molecule has 2 atom stereocenters. The maximum absolute atomic E-state index is 13.9. The second kappa shape index (κ2) is 7.37. The summed E-state index contributed by atoms with van der Waals surface area (Å²) in [4.78, 5) is 15.8. The normalized spacial score (nSPS) is 21.0. The van der Waals surface area contributed by atoms with Crippen LogP contribution in [0.2, 0.25) is 5.02 Å². The minimum atomic E-state index is -3.05. The Morgan fingerprint density at radius 1 is 1.42 bits per heavy atom. The van der Waals surface area contributed by atoms with Crippen LogP contribution in [0.25, 0.3) is 0 Å². The lowest BCUT2D eigenvalue weighted by Gasteiger charge is -2.31. The van der Waals surface area contributed by atoms with E-state index in [0.29, 0.717) is 17.0 Å². The van der Waals surface area contributed by atoms with Gasteiger partial charge in [-0.3, -0.25) is 9.69 Å². The average molecular weight is 377 g/mol. The second-order valence-corrected chi connectivity index (χ2v) is 8.93. The maximum atomic E-state index is 13.9. The van der Waals surface area contributed by atoms with Gasteiger partial charge in [-0.15, -0.1) is 0 Å². The van der Waals surface area contributed by atoms with Gasteiger partial charge in [-0.05, 0) is 32.5 Å². The Morgan fingerprint density at radius 3 is 2.62 bits per heavy atom. The van der Waals surface area contributed by atoms with Crippen LogP contribution in [-0.4, -0.2) is 61.8 Å². The third-order valence-electron chi connectivity index (χ3n) is 4.59. The first-order valence-corrected chi connectivity index (χ1v) is 9.92. The predicted molar refractivity (Wildman–Crippen MR) is 92.2 cm³/mol. The Kier molecular flexibility index (Phi) is 5.88. The molecule has 1 aromatic rings. The van der Waals surface area contributed by atoms with Crippen LogP contribution >= 0.6 is 11.6 Å². The molecule has 0 saturated carbocycles. The molecule has 0 unspecified atom stereocenters. The topological polar surface area (TPSA) is 57.7 Å². The third-order valence-corrected chi connectivity index (χ3v) is 6.70. The largest absolute Gasteiger partial charge is 0.340 e. The summed E-state index contributed by atoms with van der Waals surface area (Å²) in [5.74, 6) is -0.480. The quantitative estimate of drug-likeness (QED) is 0.788. The molecule has 5 nitrogen and oxygen atoms in total. The maximum Gasteiger partial charge on any atom is 0.239 e. The molecule has 1 amide bonds. The smallest absolute Gasteiger partial charge is 0.239 e. The number of carbonyl (C=O) groups is 1. The Hall–Kier alpha value is -1.18. The summed E-state index contributed by atoms with van der Waals surface area (Å²) < 4.78 is 37.1. The van der Waals surface area contributed by atoms with Gasteiger partial charge in [0.2, 0.25) is 5.91 Å². The van der Waals surface area contributed by atoms with E-state index in [9.17, 15) is 17.6 Å². The minimum Gasteiger partial charge on any atom is -0.340 e. The fraction of sp³-hybridized carbons (Fsp3) is 0.562. The highest BCUT2D eigenvalue weighted by Gasteiger charge is 2.34. The van der Waals surface area contributed by atoms with Crippen molar-refractivity contribution in [3.05, 3.63) is 34.6 Å². The van der Waals surface area contributed by atoms with Crippen molar-refractivity contribution in [1.29, 1.82) is 0 Å². The first-order chi connectivity index (χ1) is 11.1. The highest BCUT2D eigenvalue weighted by molar-refractivity contribution is 7.91. The Morgan fingerprint density at radius 2 is 2.08 bits per heavy atom. The van der Waals surface area contributed by atoms with Gasteiger partial charge in [0, 0.05) is 30.2 Å². The molecule has 2 rings (SSSR count). The molecule has 1 saturated heterocycles. The van der Waals surface area contributed by atoms with Gasteiger partial charge in [0.25, 0.3) is 0 Å². The van der Waals surface area contributed by atoms with Crippen molar-refractivity contribution in [2.45, 2.75) is 32.0 Å². The Labute approximate surface area is 147 Å². The van der Waals surface area contributed by atoms with Gasteiger partial charge in [-0.2, -0.15) is 0 Å². The average Bonchev–Trinajstić information content (AvgIpc) is 2.88. The van der Waals surface area contributed by atoms with E-state index in [1.165, 1.54) is 17.0 Å². The monoisotopic (exact) mass is 376 g/mol. The van der Waals surface area contributed by atoms with Gasteiger partial charge in [-0.25, -0.2) is 12.8 Å². The zero-order chi connectivity index (χ0) is 18.1. The van der Waals surface area contributed by atoms with Gasteiger partial charge in [0.15, 0.2) is 9.84 Å². The van der Waals surface area contributed by atoms with E-state index in [-0.39, 0.29) is 30.0 Å². The van der Waals surface area contributed by atoms with Crippen LogP contribution in [-0.2, 0) is 21.2 Å². The van der Waals surface area contributed by atoms with Crippen LogP contribution in [0.3, 0.4) is 0 Å². The molecule has 0 bridgehead atoms. The Bertz CT molecular complexity index is 706. The fourth-order valence-corrected chi connectivity index (χ4v) is 4.81. The third kappa shape index (κ3) is 4.26. The van der Waals surface area contributed by atoms with Crippen LogP contribution in [0, 0.1) is 5.82 Å². The SMILES string of the molecule is C[C@@H](C(=O)N(C)[C@@H]1CCS(=O)(=O)C1)N(C)Cc1c(F)cccc1Cl. The molecule has 0 radical (unpaired) electrons. The zero-order valence-electron chi connectivity index (χ0n) is 14.0. The van der Waals surface area contributed by atoms with Gasteiger partial charge < -0.3 is 4.90 Å². The number of benzene rings is 1. The molecule has 0 N–H and O–H groups in total. The van der Waals surface area contributed by atoms with Crippen LogP contribution < -0.4 is 0 Å². The molecule has 8 heteroatoms. The summed E-state index contributed by atoms with van der Waals surface area (Å²) in [7, 11) is 0.278. The number of rotatable bonds is 5. The van der Waals surface area contributed by atoms with Gasteiger partial charge in [-0.1, -0.05) is 17.7 Å². The first kappa shape index (κ1) is 19.1. The zero-order valence-corrected chi connectivity index (χ0v) is 15.6. The lowest BCUT2D eigenvalue weighted by molar-refractivity contribution is -0.136. The molecule has 1 fully saturated rings. The molecule has 1 aromatic carbocycles. The van der Waals surface area contributed by atoms with Crippen molar-refractivity contribution in [1.82, 2.24) is 9.80 Å². The minimum absolute atomic E-state index is 0.00478. The summed E-state index contributed by atoms with van der Waals surface area (Å²) in [6, 6.07) is 3.65. The van der Waals surface area contributed by atoms with Gasteiger partial charge in [0.05, 0.1) is 17.5 Å². The van der Waals surface area contributed by atoms with E-state index in [0.717, 1.165) is 0 Å². The second-order valence-electron chi connectivity index (χ2n) is 6.30. The van der Waals surface area contributed by atoms with E-state index in [1.807, 2.05) is 0 Å². The molecular weight excluding hydrogens is 355 g/mol. The molecule has 0 spiro atoms. The molecule has 0 aliphatic carbocycles. The van der Waals surface area contributed by atoms with Crippen molar-refractivity contribution in [3.63, 3.8) is 0 Å². The predicted octanol–water partition coefficient (Wildman–Crippen LogP) is 1.94. The van der Waals surface area contributed by atoms with Crippen molar-refractivity contribution >= 4 is 27.3 Å². The van der Waals surface area contributed by atoms with Crippen LogP contribution in [0.4, 0.5) is 4.39 Å². The molecule has 0 aromatic heterocycles. The number of amides is 1. The van der Waals surface area contributed by atoms with E-state index in [2.05, 4.69) is 0 Å². The van der Waals surface area contributed by atoms with Crippen molar-refractivity contribution in [3.8, 4) is 0 Å². The number of halogens is 2.